The van der Waals surface area contributed by atoms with Crippen LogP contribution in [0.15, 0.2) is 38.6 Å². The first kappa shape index (κ1) is 22.9. The minimum Gasteiger partial charge on any atom is -0.360 e. The van der Waals surface area contributed by atoms with E-state index < -0.39 is 20.0 Å². The Balaban J connectivity index is 1.47. The van der Waals surface area contributed by atoms with Crippen LogP contribution in [0.4, 0.5) is 0 Å². The van der Waals surface area contributed by atoms with Crippen molar-refractivity contribution in [3.63, 3.8) is 0 Å². The molecule has 2 aliphatic rings. The third-order valence-corrected chi connectivity index (χ3v) is 9.91. The molecule has 1 aromatic carbocycles. The minimum absolute atomic E-state index is 0.0668. The number of sulfonamides is 2. The van der Waals surface area contributed by atoms with Gasteiger partial charge in [-0.25, -0.2) is 16.8 Å². The van der Waals surface area contributed by atoms with Crippen LogP contribution in [0.3, 0.4) is 0 Å². The molecule has 2 aromatic rings. The van der Waals surface area contributed by atoms with E-state index in [2.05, 4.69) is 5.16 Å². The molecule has 10 nitrogen and oxygen atoms in total. The lowest BCUT2D eigenvalue weighted by Crippen LogP contribution is -2.50. The van der Waals surface area contributed by atoms with Gasteiger partial charge in [0, 0.05) is 44.8 Å². The fourth-order valence-electron chi connectivity index (χ4n) is 4.15. The Bertz CT molecular complexity index is 1210. The highest BCUT2D eigenvalue weighted by Crippen LogP contribution is 2.25. The van der Waals surface area contributed by atoms with Gasteiger partial charge in [-0.3, -0.25) is 4.79 Å². The predicted molar refractivity (Wildman–Crippen MR) is 115 cm³/mol. The number of benzene rings is 1. The van der Waals surface area contributed by atoms with Gasteiger partial charge < -0.3 is 9.42 Å². The van der Waals surface area contributed by atoms with Gasteiger partial charge in [-0.2, -0.15) is 8.61 Å². The van der Waals surface area contributed by atoms with Crippen LogP contribution in [-0.2, 0) is 20.0 Å². The van der Waals surface area contributed by atoms with Crippen molar-refractivity contribution < 1.29 is 26.2 Å². The largest absolute Gasteiger partial charge is 0.360 e. The van der Waals surface area contributed by atoms with Crippen LogP contribution in [0, 0.1) is 13.8 Å². The molecule has 3 heterocycles. The first-order chi connectivity index (χ1) is 15.1. The summed E-state index contributed by atoms with van der Waals surface area (Å²) in [6, 6.07) is 6.05. The molecule has 12 heteroatoms. The summed E-state index contributed by atoms with van der Waals surface area (Å²) in [7, 11) is -7.40. The number of carbonyl (C=O) groups excluding carboxylic acids is 1. The van der Waals surface area contributed by atoms with E-state index in [-0.39, 0.29) is 53.2 Å². The Morgan fingerprint density at radius 1 is 0.906 bits per heavy atom. The smallest absolute Gasteiger partial charge is 0.253 e. The zero-order valence-corrected chi connectivity index (χ0v) is 19.7. The van der Waals surface area contributed by atoms with Crippen molar-refractivity contribution in [2.45, 2.75) is 36.5 Å². The van der Waals surface area contributed by atoms with Crippen LogP contribution in [0.2, 0.25) is 0 Å². The number of hydrogen-bond donors (Lipinski definition) is 0. The standard InChI is InChI=1S/C20H26N4O6S2/c1-15-19(16(2)30-21-15)32(28,29)24-12-10-22(11-13-24)20(25)17-6-5-7-18(14-17)31(26,27)23-8-3-4-9-23/h5-7,14H,3-4,8-13H2,1-2H3. The lowest BCUT2D eigenvalue weighted by molar-refractivity contribution is 0.0697. The number of nitrogens with zero attached hydrogens (tertiary/aromatic N) is 4. The fourth-order valence-corrected chi connectivity index (χ4v) is 7.43. The molecule has 0 spiro atoms. The van der Waals surface area contributed by atoms with Crippen molar-refractivity contribution in [1.29, 1.82) is 0 Å². The number of hydrogen-bond acceptors (Lipinski definition) is 7. The molecule has 174 valence electrons. The molecule has 0 radical (unpaired) electrons. The second-order valence-corrected chi connectivity index (χ2v) is 11.8. The number of amides is 1. The molecule has 1 aromatic heterocycles. The van der Waals surface area contributed by atoms with Gasteiger partial charge in [0.2, 0.25) is 20.0 Å². The van der Waals surface area contributed by atoms with Gasteiger partial charge in [0.25, 0.3) is 5.91 Å². The maximum atomic E-state index is 13.0. The van der Waals surface area contributed by atoms with Crippen molar-refractivity contribution in [2.24, 2.45) is 0 Å². The van der Waals surface area contributed by atoms with Crippen molar-refractivity contribution in [1.82, 2.24) is 18.7 Å². The molecule has 2 aliphatic heterocycles. The number of aryl methyl sites for hydroxylation is 2. The molecule has 2 fully saturated rings. The van der Waals surface area contributed by atoms with Crippen LogP contribution < -0.4 is 0 Å². The zero-order chi connectivity index (χ0) is 23.1. The first-order valence-corrected chi connectivity index (χ1v) is 13.3. The summed E-state index contributed by atoms with van der Waals surface area (Å²) < 4.78 is 59.3. The van der Waals surface area contributed by atoms with Gasteiger partial charge in [0.15, 0.2) is 5.76 Å². The lowest BCUT2D eigenvalue weighted by Gasteiger charge is -2.34. The second-order valence-electron chi connectivity index (χ2n) is 7.99. The van der Waals surface area contributed by atoms with E-state index >= 15 is 0 Å². The van der Waals surface area contributed by atoms with Crippen molar-refractivity contribution in [3.05, 3.63) is 41.3 Å². The summed E-state index contributed by atoms with van der Waals surface area (Å²) in [6.07, 6.45) is 1.66. The molecule has 32 heavy (non-hydrogen) atoms. The van der Waals surface area contributed by atoms with Crippen LogP contribution in [0.5, 0.6) is 0 Å². The lowest BCUT2D eigenvalue weighted by atomic mass is 10.2. The quantitative estimate of drug-likeness (QED) is 0.628. The Hall–Kier alpha value is -2.28. The SMILES string of the molecule is Cc1noc(C)c1S(=O)(=O)N1CCN(C(=O)c2cccc(S(=O)(=O)N3CCCC3)c2)CC1. The third kappa shape index (κ3) is 4.07. The molecule has 1 amide bonds. The van der Waals surface area contributed by atoms with Gasteiger partial charge in [0.1, 0.15) is 10.6 Å². The van der Waals surface area contributed by atoms with E-state index in [0.29, 0.717) is 18.8 Å². The highest BCUT2D eigenvalue weighted by Gasteiger charge is 2.35. The van der Waals surface area contributed by atoms with Gasteiger partial charge in [-0.15, -0.1) is 0 Å². The molecular formula is C20H26N4O6S2. The molecule has 0 unspecified atom stereocenters. The van der Waals surface area contributed by atoms with Crippen molar-refractivity contribution in [3.8, 4) is 0 Å². The summed E-state index contributed by atoms with van der Waals surface area (Å²) in [5.74, 6) is -0.0881. The van der Waals surface area contributed by atoms with Crippen molar-refractivity contribution in [2.75, 3.05) is 39.3 Å². The zero-order valence-electron chi connectivity index (χ0n) is 18.0. The Kier molecular flexibility index (Phi) is 6.14. The first-order valence-electron chi connectivity index (χ1n) is 10.4. The Morgan fingerprint density at radius 2 is 1.53 bits per heavy atom. The molecule has 2 saturated heterocycles. The maximum absolute atomic E-state index is 13.0. The van der Waals surface area contributed by atoms with Crippen LogP contribution in [0.25, 0.3) is 0 Å². The number of carbonyl (C=O) groups is 1. The molecule has 0 bridgehead atoms. The highest BCUT2D eigenvalue weighted by atomic mass is 32.2. The summed E-state index contributed by atoms with van der Waals surface area (Å²) in [6.45, 7) is 4.76. The number of piperazine rings is 1. The maximum Gasteiger partial charge on any atom is 0.253 e. The van der Waals surface area contributed by atoms with Crippen molar-refractivity contribution >= 4 is 26.0 Å². The van der Waals surface area contributed by atoms with Gasteiger partial charge >= 0.3 is 0 Å². The van der Waals surface area contributed by atoms with E-state index in [4.69, 9.17) is 4.52 Å². The average Bonchev–Trinajstić information content (AvgIpc) is 3.44. The molecule has 0 aliphatic carbocycles. The van der Waals surface area contributed by atoms with Gasteiger partial charge in [-0.1, -0.05) is 11.2 Å². The van der Waals surface area contributed by atoms with Crippen LogP contribution in [-0.4, -0.2) is 80.7 Å². The topological polar surface area (TPSA) is 121 Å². The molecule has 0 atom stereocenters. The molecule has 4 rings (SSSR count). The monoisotopic (exact) mass is 482 g/mol. The van der Waals surface area contributed by atoms with E-state index in [9.17, 15) is 21.6 Å². The minimum atomic E-state index is -3.78. The second kappa shape index (κ2) is 8.58. The van der Waals surface area contributed by atoms with E-state index in [0.717, 1.165) is 12.8 Å². The molecular weight excluding hydrogens is 456 g/mol. The van der Waals surface area contributed by atoms with Gasteiger partial charge in [0.05, 0.1) is 4.90 Å². The van der Waals surface area contributed by atoms with Crippen LogP contribution >= 0.6 is 0 Å². The van der Waals surface area contributed by atoms with E-state index in [1.807, 2.05) is 0 Å². The summed E-state index contributed by atoms with van der Waals surface area (Å²) in [5.41, 5.74) is 0.573. The molecule has 0 saturated carbocycles. The number of aromatic nitrogens is 1. The summed E-state index contributed by atoms with van der Waals surface area (Å²) >= 11 is 0. The summed E-state index contributed by atoms with van der Waals surface area (Å²) in [4.78, 5) is 14.7. The third-order valence-electron chi connectivity index (χ3n) is 5.88. The number of rotatable bonds is 5. The highest BCUT2D eigenvalue weighted by molar-refractivity contribution is 7.89. The normalized spacial score (nSPS) is 18.9. The summed E-state index contributed by atoms with van der Waals surface area (Å²) in [5, 5.41) is 3.72. The Morgan fingerprint density at radius 3 is 2.12 bits per heavy atom. The fraction of sp³-hybridized carbons (Fsp3) is 0.500. The molecule has 0 N–H and O–H groups in total. The van der Waals surface area contributed by atoms with E-state index in [1.165, 1.54) is 20.7 Å². The van der Waals surface area contributed by atoms with Gasteiger partial charge in [-0.05, 0) is 44.9 Å². The van der Waals surface area contributed by atoms with E-state index in [1.54, 1.807) is 30.9 Å². The Labute approximate surface area is 187 Å². The average molecular weight is 483 g/mol. The predicted octanol–water partition coefficient (Wildman–Crippen LogP) is 1.22. The van der Waals surface area contributed by atoms with Crippen LogP contribution in [0.1, 0.15) is 34.7 Å².